The molecule has 0 aliphatic rings. The summed E-state index contributed by atoms with van der Waals surface area (Å²) in [4.78, 5) is 17.6. The molecule has 468 valence electrons. The van der Waals surface area contributed by atoms with Crippen molar-refractivity contribution in [1.82, 2.24) is 60.8 Å². The third-order valence-corrected chi connectivity index (χ3v) is 12.2. The summed E-state index contributed by atoms with van der Waals surface area (Å²) in [6.07, 6.45) is -9.93. The Morgan fingerprint density at radius 3 is 1.24 bits per heavy atom. The first-order valence-electron chi connectivity index (χ1n) is 25.7. The van der Waals surface area contributed by atoms with Crippen molar-refractivity contribution in [2.75, 3.05) is 24.3 Å². The topological polar surface area (TPSA) is 264 Å². The van der Waals surface area contributed by atoms with Crippen molar-refractivity contribution in [3.8, 4) is 34.9 Å². The fourth-order valence-electron chi connectivity index (χ4n) is 7.21. The number of nitrogens with two attached hydrogens (primary N) is 1. The van der Waals surface area contributed by atoms with Gasteiger partial charge in [0.05, 0.1) is 70.2 Å². The van der Waals surface area contributed by atoms with Crippen LogP contribution in [0.5, 0.6) is 0 Å². The molecule has 4 aromatic carbocycles. The number of anilines is 1. The number of tetrazole rings is 2. The van der Waals surface area contributed by atoms with Crippen LogP contribution >= 0.6 is 27.5 Å². The van der Waals surface area contributed by atoms with Crippen molar-refractivity contribution < 1.29 is 62.9 Å². The molecule has 0 bridgehead atoms. The number of aliphatic hydroxyl groups excluding tert-OH is 2. The minimum Gasteiger partial charge on any atom is -0.399 e. The molecule has 6 heterocycles. The van der Waals surface area contributed by atoms with E-state index < -0.39 is 47.0 Å². The van der Waals surface area contributed by atoms with Crippen LogP contribution < -0.4 is 5.73 Å². The van der Waals surface area contributed by atoms with Crippen molar-refractivity contribution >= 4 is 33.2 Å². The Morgan fingerprint density at radius 1 is 0.500 bits per heavy atom. The maximum Gasteiger partial charge on any atom is 0.416 e. The second-order valence-corrected chi connectivity index (χ2v) is 19.0. The Kier molecular flexibility index (Phi) is 26.9. The maximum absolute atomic E-state index is 12.6. The molecule has 0 spiro atoms. The number of alkyl halides is 13. The summed E-state index contributed by atoms with van der Waals surface area (Å²) in [6, 6.07) is 36.7. The summed E-state index contributed by atoms with van der Waals surface area (Å²) in [5.41, 5.74) is 8.96. The molecule has 10 aromatic rings. The van der Waals surface area contributed by atoms with Crippen LogP contribution in [0.1, 0.15) is 67.2 Å². The number of H-pyrrole nitrogens is 1. The van der Waals surface area contributed by atoms with Crippen LogP contribution in [0, 0.1) is 22.7 Å². The van der Waals surface area contributed by atoms with Crippen molar-refractivity contribution in [2.45, 2.75) is 50.5 Å². The lowest BCUT2D eigenvalue weighted by Crippen LogP contribution is -2.06. The van der Waals surface area contributed by atoms with E-state index in [0.29, 0.717) is 92.4 Å². The zero-order valence-electron chi connectivity index (χ0n) is 46.2. The van der Waals surface area contributed by atoms with Crippen LogP contribution in [-0.2, 0) is 50.5 Å². The Hall–Kier alpha value is -9.75. The van der Waals surface area contributed by atoms with Gasteiger partial charge in [-0.25, -0.2) is 4.98 Å². The first-order valence-corrected chi connectivity index (χ1v) is 27.2. The normalized spacial score (nSPS) is 11.0. The molecule has 0 amide bonds. The molecule has 0 unspecified atom stereocenters. The number of pyridine rings is 4. The zero-order chi connectivity index (χ0) is 65.9. The van der Waals surface area contributed by atoms with Gasteiger partial charge in [0, 0.05) is 66.2 Å². The van der Waals surface area contributed by atoms with Crippen LogP contribution in [0.4, 0.5) is 58.4 Å². The number of nitrogens with one attached hydrogen (secondary N) is 1. The number of rotatable bonds is 11. The van der Waals surface area contributed by atoms with E-state index in [1.54, 1.807) is 73.3 Å². The lowest BCUT2D eigenvalue weighted by atomic mass is 10.0. The highest BCUT2D eigenvalue weighted by molar-refractivity contribution is 9.09. The lowest BCUT2D eigenvalue weighted by Gasteiger charge is -2.08. The van der Waals surface area contributed by atoms with Gasteiger partial charge in [0.2, 0.25) is 11.6 Å². The SMILES string of the molecule is FC(F)(F)c1ccc(Cc2ncccc2-c2nn[nH]n2)cc1.N#Cc1cccnc1Cc1ccc(C(F)(F)F)cc1.N#Cc1cccnc1Cl.Nc1ccc(C(F)(F)F)cc1.OCCBr.OCCn1nnc(-c2cccnc2Cc2ccc(C(F)(F)F)cc2)n1. The Labute approximate surface area is 517 Å². The van der Waals surface area contributed by atoms with Crippen molar-refractivity contribution in [2.24, 2.45) is 0 Å². The predicted octanol–water partition coefficient (Wildman–Crippen LogP) is 13.0. The molecular weight excluding hydrogens is 1290 g/mol. The van der Waals surface area contributed by atoms with Crippen LogP contribution in [0.2, 0.25) is 5.15 Å². The van der Waals surface area contributed by atoms with Gasteiger partial charge in [0.15, 0.2) is 0 Å². The molecule has 0 atom stereocenters. The molecule has 5 N–H and O–H groups in total. The van der Waals surface area contributed by atoms with Gasteiger partial charge in [0.1, 0.15) is 17.3 Å². The number of nitrogen functional groups attached to an aromatic ring is 1. The second kappa shape index (κ2) is 34.1. The summed E-state index contributed by atoms with van der Waals surface area (Å²) >= 11 is 8.49. The average Bonchev–Trinajstić information content (AvgIpc) is 1.69. The van der Waals surface area contributed by atoms with Crippen LogP contribution in [0.15, 0.2) is 170 Å². The summed E-state index contributed by atoms with van der Waals surface area (Å²) < 4.78 is 148. The first kappa shape index (κ1) is 71.0. The predicted molar refractivity (Wildman–Crippen MR) is 308 cm³/mol. The largest absolute Gasteiger partial charge is 0.416 e. The number of hydrogen-bond donors (Lipinski definition) is 4. The summed E-state index contributed by atoms with van der Waals surface area (Å²) in [5.74, 6) is 0.749. The first-order chi connectivity index (χ1) is 42.8. The molecule has 0 saturated carbocycles. The molecule has 0 aliphatic heterocycles. The van der Waals surface area contributed by atoms with Crippen LogP contribution in [0.3, 0.4) is 0 Å². The number of halogens is 14. The van der Waals surface area contributed by atoms with E-state index in [4.69, 9.17) is 38.1 Å². The average molecular weight is 1340 g/mol. The molecule has 0 saturated heterocycles. The molecule has 10 rings (SSSR count). The monoisotopic (exact) mass is 1340 g/mol. The van der Waals surface area contributed by atoms with E-state index in [2.05, 4.69) is 71.9 Å². The molecule has 0 aliphatic carbocycles. The number of nitrogens with zero attached hydrogens (tertiary/aromatic N) is 13. The fourth-order valence-corrected chi connectivity index (χ4v) is 7.37. The van der Waals surface area contributed by atoms with Crippen molar-refractivity contribution in [3.05, 3.63) is 243 Å². The van der Waals surface area contributed by atoms with Gasteiger partial charge >= 0.3 is 24.7 Å². The number of hydrogen-bond acceptors (Lipinski definition) is 15. The number of benzene rings is 4. The van der Waals surface area contributed by atoms with Crippen LogP contribution in [0.25, 0.3) is 22.8 Å². The van der Waals surface area contributed by atoms with Gasteiger partial charge in [-0.2, -0.15) is 73.2 Å². The van der Waals surface area contributed by atoms with Gasteiger partial charge < -0.3 is 15.9 Å². The van der Waals surface area contributed by atoms with Crippen LogP contribution in [-0.4, -0.2) is 89.5 Å². The van der Waals surface area contributed by atoms with Crippen molar-refractivity contribution in [3.63, 3.8) is 0 Å². The molecule has 90 heavy (non-hydrogen) atoms. The molecule has 0 radical (unpaired) electrons. The Morgan fingerprint density at radius 2 is 0.878 bits per heavy atom. The zero-order valence-corrected chi connectivity index (χ0v) is 48.5. The van der Waals surface area contributed by atoms with E-state index in [-0.39, 0.29) is 24.9 Å². The standard InChI is InChI=1S/C16H14F3N5O.C14H10F3N5.C14H9F3N2.C7H6F3N.C6H3ClN2.C2H5BrO/c17-16(18,19)12-5-3-11(4-6-12)10-14-13(2-1-7-20-14)15-21-23-24(22-15)8-9-25;15-14(16,17)10-5-3-9(4-6-10)8-12-11(2-1-7-18-12)13-19-21-22-20-13;15-14(16,17)12-5-3-10(4-6-12)8-13-11(9-18)2-1-7-19-13;8-7(9,10)5-1-3-6(11)4-2-5;7-6-5(4-8)2-1-3-9-6;3-1-2-4/h1-7,25H,8-10H2;1-7H,8H2,(H,19,20,21,22);1-7H,8H2;1-4H,11H2;1-3H;4H,1-2H2. The summed E-state index contributed by atoms with van der Waals surface area (Å²) in [6.45, 7) is 0.350. The second-order valence-electron chi connectivity index (χ2n) is 17.9. The number of aliphatic hydroxyl groups is 2. The fraction of sp³-hybridized carbons (Fsp3) is 0.186. The summed E-state index contributed by atoms with van der Waals surface area (Å²) in [7, 11) is 0. The number of aromatic amines is 1. The smallest absolute Gasteiger partial charge is 0.399 e. The molecule has 6 aromatic heterocycles. The highest BCUT2D eigenvalue weighted by Crippen LogP contribution is 2.33. The summed E-state index contributed by atoms with van der Waals surface area (Å²) in [5, 5.41) is 60.5. The van der Waals surface area contributed by atoms with E-state index in [1.165, 1.54) is 53.3 Å². The van der Waals surface area contributed by atoms with E-state index in [0.717, 1.165) is 54.1 Å². The maximum atomic E-state index is 12.6. The third kappa shape index (κ3) is 23.1. The number of aromatic nitrogens is 12. The van der Waals surface area contributed by atoms with Gasteiger partial charge in [-0.3, -0.25) is 15.0 Å². The third-order valence-electron chi connectivity index (χ3n) is 11.5. The van der Waals surface area contributed by atoms with Gasteiger partial charge in [0.25, 0.3) is 0 Å². The minimum absolute atomic E-state index is 0.110. The van der Waals surface area contributed by atoms with E-state index >= 15 is 0 Å². The lowest BCUT2D eigenvalue weighted by molar-refractivity contribution is -0.138. The van der Waals surface area contributed by atoms with E-state index in [1.807, 2.05) is 12.1 Å². The molecule has 0 fully saturated rings. The van der Waals surface area contributed by atoms with Gasteiger partial charge in [-0.1, -0.05) is 63.9 Å². The van der Waals surface area contributed by atoms with Gasteiger partial charge in [-0.05, 0) is 136 Å². The highest BCUT2D eigenvalue weighted by Gasteiger charge is 2.32. The highest BCUT2D eigenvalue weighted by atomic mass is 79.9. The van der Waals surface area contributed by atoms with E-state index in [9.17, 15) is 52.7 Å². The number of nitriles is 2. The quantitative estimate of drug-likeness (QED) is 0.0406. The van der Waals surface area contributed by atoms with Crippen molar-refractivity contribution in [1.29, 1.82) is 10.5 Å². The Balaban J connectivity index is 0.000000209. The molecule has 31 heteroatoms. The molecular formula is C59H47BrClF12N15O2. The minimum atomic E-state index is -4.36. The van der Waals surface area contributed by atoms with Gasteiger partial charge in [-0.15, -0.1) is 20.4 Å². The Bertz CT molecular complexity index is 3860. The molecule has 17 nitrogen and oxygen atoms in total.